The van der Waals surface area contributed by atoms with Crippen molar-refractivity contribution >= 4 is 14.5 Å². The molecule has 6 heteroatoms. The maximum absolute atomic E-state index is 8.93. The van der Waals surface area contributed by atoms with Gasteiger partial charge in [-0.05, 0) is 31.1 Å². The van der Waals surface area contributed by atoms with Gasteiger partial charge in [-0.3, -0.25) is 0 Å². The summed E-state index contributed by atoms with van der Waals surface area (Å²) in [7, 11) is 1.33. The van der Waals surface area contributed by atoms with E-state index in [-0.39, 0.29) is 5.04 Å². The van der Waals surface area contributed by atoms with Gasteiger partial charge in [0.25, 0.3) is 0 Å². The van der Waals surface area contributed by atoms with Crippen LogP contribution >= 0.6 is 0 Å². The largest absolute Gasteiger partial charge is 0.496 e. The van der Waals surface area contributed by atoms with Gasteiger partial charge in [0.2, 0.25) is 0 Å². The average Bonchev–Trinajstić information content (AvgIpc) is 2.52. The van der Waals surface area contributed by atoms with Crippen LogP contribution in [0.15, 0.2) is 11.2 Å². The number of rotatable bonds is 5. The van der Waals surface area contributed by atoms with Crippen molar-refractivity contribution in [1.82, 2.24) is 0 Å². The average molecular weight is 364 g/mol. The minimum atomic E-state index is -1.84. The minimum absolute atomic E-state index is 0.137. The molecule has 1 rings (SSSR count). The molecule has 25 heavy (non-hydrogen) atoms. The molecule has 138 valence electrons. The Morgan fingerprint density at radius 1 is 1.24 bits per heavy atom. The van der Waals surface area contributed by atoms with Crippen LogP contribution in [0.5, 0.6) is 11.5 Å². The molecule has 0 saturated heterocycles. The molecular formula is C19H29NO4Si. The zero-order valence-electron chi connectivity index (χ0n) is 16.5. The van der Waals surface area contributed by atoms with Crippen LogP contribution in [0, 0.1) is 18.8 Å². The topological polar surface area (TPSA) is 60.3 Å². The normalized spacial score (nSPS) is 12.0. The molecule has 1 aromatic rings. The number of benzene rings is 1. The van der Waals surface area contributed by atoms with Gasteiger partial charge in [-0.15, -0.1) is 0 Å². The van der Waals surface area contributed by atoms with Crippen LogP contribution in [0.2, 0.25) is 18.1 Å². The van der Waals surface area contributed by atoms with Crippen molar-refractivity contribution in [3.05, 3.63) is 22.8 Å². The highest BCUT2D eigenvalue weighted by Gasteiger charge is 2.36. The summed E-state index contributed by atoms with van der Waals surface area (Å²) in [5.74, 6) is 7.42. The molecule has 0 saturated carbocycles. The fraction of sp³-hybridized carbons (Fsp3) is 0.526. The molecule has 0 heterocycles. The highest BCUT2D eigenvalue weighted by Crippen LogP contribution is 2.36. The molecule has 1 aromatic carbocycles. The number of nitrogens with zero attached hydrogens (tertiary/aromatic N) is 1. The van der Waals surface area contributed by atoms with E-state index in [1.54, 1.807) is 20.3 Å². The first kappa shape index (κ1) is 21.1. The highest BCUT2D eigenvalue weighted by atomic mass is 28.4. The molecule has 0 aliphatic heterocycles. The van der Waals surface area contributed by atoms with Gasteiger partial charge in [-0.25, -0.2) is 0 Å². The van der Waals surface area contributed by atoms with E-state index in [1.165, 1.54) is 6.21 Å². The van der Waals surface area contributed by atoms with E-state index in [2.05, 4.69) is 50.9 Å². The molecular weight excluding hydrogens is 334 g/mol. The predicted molar refractivity (Wildman–Crippen MR) is 104 cm³/mol. The molecule has 0 aliphatic carbocycles. The van der Waals surface area contributed by atoms with Gasteiger partial charge < -0.3 is 19.1 Å². The molecule has 0 bridgehead atoms. The second-order valence-electron chi connectivity index (χ2n) is 7.30. The van der Waals surface area contributed by atoms with Crippen molar-refractivity contribution in [3.63, 3.8) is 0 Å². The quantitative estimate of drug-likeness (QED) is 0.280. The lowest BCUT2D eigenvalue weighted by molar-refractivity contribution is 0.321. The smallest absolute Gasteiger partial charge is 0.193 e. The third kappa shape index (κ3) is 5.00. The fourth-order valence-electron chi connectivity index (χ4n) is 2.07. The number of hydrogen-bond acceptors (Lipinski definition) is 5. The number of hydrogen-bond donors (Lipinski definition) is 1. The zero-order valence-corrected chi connectivity index (χ0v) is 17.5. The van der Waals surface area contributed by atoms with Gasteiger partial charge in [-0.1, -0.05) is 37.8 Å². The predicted octanol–water partition coefficient (Wildman–Crippen LogP) is 4.19. The SMILES string of the molecule is COc1cc(/C=N/O)c(C#CCO[Si](C)(C)C(C)(C)C)c(OC)c1C. The Labute approximate surface area is 152 Å². The van der Waals surface area contributed by atoms with Crippen LogP contribution in [0.3, 0.4) is 0 Å². The third-order valence-corrected chi connectivity index (χ3v) is 9.14. The molecule has 0 amide bonds. The monoisotopic (exact) mass is 363 g/mol. The van der Waals surface area contributed by atoms with E-state index in [4.69, 9.17) is 19.1 Å². The van der Waals surface area contributed by atoms with Crippen LogP contribution in [-0.4, -0.2) is 40.6 Å². The summed E-state index contributed by atoms with van der Waals surface area (Å²) in [6, 6.07) is 1.77. The van der Waals surface area contributed by atoms with Crippen molar-refractivity contribution in [2.75, 3.05) is 20.8 Å². The van der Waals surface area contributed by atoms with E-state index in [0.717, 1.165) is 5.56 Å². The third-order valence-electron chi connectivity index (χ3n) is 4.66. The standard InChI is InChI=1S/C19H29NO4Si/c1-14-17(22-5)12-15(13-20-21)16(18(14)23-6)10-9-11-24-25(7,8)19(2,3)4/h12-13,21H,11H2,1-8H3/b20-13+. The van der Waals surface area contributed by atoms with Crippen LogP contribution in [0.25, 0.3) is 0 Å². The molecule has 5 nitrogen and oxygen atoms in total. The Kier molecular flexibility index (Phi) is 7.09. The second kappa shape index (κ2) is 8.41. The molecule has 0 aromatic heterocycles. The maximum Gasteiger partial charge on any atom is 0.193 e. The van der Waals surface area contributed by atoms with Crippen molar-refractivity contribution in [2.45, 2.75) is 45.8 Å². The van der Waals surface area contributed by atoms with Crippen molar-refractivity contribution in [1.29, 1.82) is 0 Å². The van der Waals surface area contributed by atoms with E-state index in [9.17, 15) is 0 Å². The molecule has 0 atom stereocenters. The lowest BCUT2D eigenvalue weighted by Gasteiger charge is -2.35. The summed E-state index contributed by atoms with van der Waals surface area (Å²) in [5.41, 5.74) is 2.12. The van der Waals surface area contributed by atoms with E-state index >= 15 is 0 Å². The van der Waals surface area contributed by atoms with Gasteiger partial charge in [0.1, 0.15) is 11.5 Å². The van der Waals surface area contributed by atoms with Crippen LogP contribution < -0.4 is 9.47 Å². The summed E-state index contributed by atoms with van der Waals surface area (Å²) in [6.45, 7) is 13.2. The van der Waals surface area contributed by atoms with E-state index < -0.39 is 8.32 Å². The summed E-state index contributed by atoms with van der Waals surface area (Å²) >= 11 is 0. The first-order valence-electron chi connectivity index (χ1n) is 8.15. The van der Waals surface area contributed by atoms with Gasteiger partial charge in [0.15, 0.2) is 8.32 Å². The first-order chi connectivity index (χ1) is 11.6. The molecule has 0 fully saturated rings. The van der Waals surface area contributed by atoms with Crippen LogP contribution in [-0.2, 0) is 4.43 Å². The lowest BCUT2D eigenvalue weighted by Crippen LogP contribution is -2.40. The van der Waals surface area contributed by atoms with Crippen molar-refractivity contribution < 1.29 is 19.1 Å². The maximum atomic E-state index is 8.93. The molecule has 0 radical (unpaired) electrons. The van der Waals surface area contributed by atoms with Crippen molar-refractivity contribution in [2.24, 2.45) is 5.16 Å². The summed E-state index contributed by atoms with van der Waals surface area (Å²) < 4.78 is 16.9. The fourth-order valence-corrected chi connectivity index (χ4v) is 2.94. The Bertz CT molecular complexity index is 694. The van der Waals surface area contributed by atoms with Crippen LogP contribution in [0.4, 0.5) is 0 Å². The summed E-state index contributed by atoms with van der Waals surface area (Å²) in [5, 5.41) is 12.2. The number of ether oxygens (including phenoxy) is 2. The number of methoxy groups -OCH3 is 2. The minimum Gasteiger partial charge on any atom is -0.496 e. The van der Waals surface area contributed by atoms with Gasteiger partial charge >= 0.3 is 0 Å². The second-order valence-corrected chi connectivity index (χ2v) is 12.1. The summed E-state index contributed by atoms with van der Waals surface area (Å²) in [6.07, 6.45) is 1.32. The Hall–Kier alpha value is -1.97. The Morgan fingerprint density at radius 3 is 2.36 bits per heavy atom. The van der Waals surface area contributed by atoms with Gasteiger partial charge in [0, 0.05) is 11.1 Å². The molecule has 0 unspecified atom stereocenters. The molecule has 0 aliphatic rings. The van der Waals surface area contributed by atoms with Gasteiger partial charge in [-0.2, -0.15) is 0 Å². The van der Waals surface area contributed by atoms with E-state index in [0.29, 0.717) is 29.2 Å². The van der Waals surface area contributed by atoms with Gasteiger partial charge in [0.05, 0.1) is 32.6 Å². The summed E-state index contributed by atoms with van der Waals surface area (Å²) in [4.78, 5) is 0. The first-order valence-corrected chi connectivity index (χ1v) is 11.1. The molecule has 0 spiro atoms. The Morgan fingerprint density at radius 2 is 1.88 bits per heavy atom. The molecule has 1 N–H and O–H groups in total. The number of oxime groups is 1. The zero-order chi connectivity index (χ0) is 19.3. The van der Waals surface area contributed by atoms with E-state index in [1.807, 2.05) is 6.92 Å². The highest BCUT2D eigenvalue weighted by molar-refractivity contribution is 6.74. The van der Waals surface area contributed by atoms with Crippen LogP contribution in [0.1, 0.15) is 37.5 Å². The lowest BCUT2D eigenvalue weighted by atomic mass is 10.0. The van der Waals surface area contributed by atoms with Crippen molar-refractivity contribution in [3.8, 4) is 23.3 Å². The Balaban J connectivity index is 3.20.